The van der Waals surface area contributed by atoms with Gasteiger partial charge in [0, 0.05) is 22.0 Å². The van der Waals surface area contributed by atoms with E-state index >= 15 is 0 Å². The molecule has 0 saturated heterocycles. The predicted molar refractivity (Wildman–Crippen MR) is 94.0 cm³/mol. The van der Waals surface area contributed by atoms with Crippen LogP contribution in [0.3, 0.4) is 0 Å². The molecule has 0 saturated carbocycles. The van der Waals surface area contributed by atoms with Crippen molar-refractivity contribution in [2.45, 2.75) is 13.5 Å². The molecule has 0 atom stereocenters. The highest BCUT2D eigenvalue weighted by atomic mass is 35.5. The average molecular weight is 359 g/mol. The summed E-state index contributed by atoms with van der Waals surface area (Å²) in [5.41, 5.74) is 1.61. The highest BCUT2D eigenvalue weighted by molar-refractivity contribution is 7.16. The van der Waals surface area contributed by atoms with Gasteiger partial charge in [-0.1, -0.05) is 11.6 Å². The normalized spacial score (nSPS) is 11.2. The van der Waals surface area contributed by atoms with Gasteiger partial charge in [-0.15, -0.1) is 11.3 Å². The molecule has 0 aliphatic rings. The van der Waals surface area contributed by atoms with Crippen LogP contribution in [0.25, 0.3) is 21.2 Å². The van der Waals surface area contributed by atoms with Gasteiger partial charge in [-0.25, -0.2) is 14.8 Å². The number of aromatic nitrogens is 2. The van der Waals surface area contributed by atoms with Crippen LogP contribution < -0.4 is 10.4 Å². The van der Waals surface area contributed by atoms with E-state index in [0.717, 1.165) is 21.2 Å². The molecule has 24 heavy (non-hydrogen) atoms. The Bertz CT molecular complexity index is 1120. The molecule has 120 valence electrons. The molecule has 5 nitrogen and oxygen atoms in total. The van der Waals surface area contributed by atoms with Gasteiger partial charge in [-0.3, -0.25) is 0 Å². The lowest BCUT2D eigenvalue weighted by atomic mass is 10.1. The molecule has 4 aromatic rings. The molecule has 3 aromatic heterocycles. The molecule has 3 heterocycles. The second-order valence-corrected chi connectivity index (χ2v) is 6.60. The van der Waals surface area contributed by atoms with E-state index in [1.807, 2.05) is 18.4 Å². The van der Waals surface area contributed by atoms with Crippen molar-refractivity contribution in [3.63, 3.8) is 0 Å². The zero-order valence-corrected chi connectivity index (χ0v) is 14.1. The van der Waals surface area contributed by atoms with E-state index < -0.39 is 5.63 Å². The minimum absolute atomic E-state index is 0.184. The van der Waals surface area contributed by atoms with Crippen molar-refractivity contribution in [3.8, 4) is 5.88 Å². The van der Waals surface area contributed by atoms with Crippen molar-refractivity contribution in [2.24, 2.45) is 0 Å². The van der Waals surface area contributed by atoms with Gasteiger partial charge in [-0.2, -0.15) is 0 Å². The van der Waals surface area contributed by atoms with E-state index in [1.54, 1.807) is 12.1 Å². The lowest BCUT2D eigenvalue weighted by molar-refractivity contribution is 0.298. The largest absolute Gasteiger partial charge is 0.472 e. The maximum absolute atomic E-state index is 11.8. The molecule has 0 spiro atoms. The Hall–Kier alpha value is -2.44. The standard InChI is InChI=1S/C17H11ClN2O3S/c1-9-4-14-12(6-13(9)18)10(5-15(21)23-14)7-22-16-11-2-3-24-17(11)20-8-19-16/h2-6,8H,7H2,1H3. The van der Waals surface area contributed by atoms with Gasteiger partial charge in [0.2, 0.25) is 5.88 Å². The van der Waals surface area contributed by atoms with E-state index in [9.17, 15) is 4.79 Å². The van der Waals surface area contributed by atoms with Crippen LogP contribution >= 0.6 is 22.9 Å². The van der Waals surface area contributed by atoms with Crippen LogP contribution in [0.5, 0.6) is 5.88 Å². The Morgan fingerprint density at radius 1 is 1.25 bits per heavy atom. The molecule has 0 aliphatic carbocycles. The highest BCUT2D eigenvalue weighted by Gasteiger charge is 2.11. The van der Waals surface area contributed by atoms with Gasteiger partial charge < -0.3 is 9.15 Å². The van der Waals surface area contributed by atoms with Crippen molar-refractivity contribution < 1.29 is 9.15 Å². The highest BCUT2D eigenvalue weighted by Crippen LogP contribution is 2.28. The van der Waals surface area contributed by atoms with Gasteiger partial charge in [0.25, 0.3) is 0 Å². The number of halogens is 1. The molecular weight excluding hydrogens is 348 g/mol. The third-order valence-corrected chi connectivity index (χ3v) is 4.93. The van der Waals surface area contributed by atoms with Crippen molar-refractivity contribution in [3.05, 3.63) is 62.5 Å². The average Bonchev–Trinajstić information content (AvgIpc) is 3.03. The molecule has 0 fully saturated rings. The number of rotatable bonds is 3. The van der Waals surface area contributed by atoms with Gasteiger partial charge in [-0.05, 0) is 36.1 Å². The number of nitrogens with zero attached hydrogens (tertiary/aromatic N) is 2. The summed E-state index contributed by atoms with van der Waals surface area (Å²) in [6.45, 7) is 2.04. The maximum atomic E-state index is 11.8. The number of aryl methyl sites for hydroxylation is 1. The molecule has 0 N–H and O–H groups in total. The first-order chi connectivity index (χ1) is 11.6. The van der Waals surface area contributed by atoms with Crippen molar-refractivity contribution in [2.75, 3.05) is 0 Å². The number of hydrogen-bond acceptors (Lipinski definition) is 6. The minimum Gasteiger partial charge on any atom is -0.472 e. The molecule has 0 aliphatic heterocycles. The predicted octanol–water partition coefficient (Wildman–Crippen LogP) is 4.34. The Balaban J connectivity index is 1.75. The van der Waals surface area contributed by atoms with Gasteiger partial charge >= 0.3 is 5.63 Å². The van der Waals surface area contributed by atoms with Crippen molar-refractivity contribution in [1.82, 2.24) is 9.97 Å². The molecule has 0 amide bonds. The number of hydrogen-bond donors (Lipinski definition) is 0. The summed E-state index contributed by atoms with van der Waals surface area (Å²) in [6, 6.07) is 6.87. The zero-order chi connectivity index (χ0) is 16.7. The van der Waals surface area contributed by atoms with Crippen LogP contribution in [0.1, 0.15) is 11.1 Å². The third-order valence-electron chi connectivity index (χ3n) is 3.70. The van der Waals surface area contributed by atoms with E-state index in [0.29, 0.717) is 22.0 Å². The number of benzene rings is 1. The second kappa shape index (κ2) is 5.89. The lowest BCUT2D eigenvalue weighted by Crippen LogP contribution is -2.05. The summed E-state index contributed by atoms with van der Waals surface area (Å²) in [4.78, 5) is 21.0. The molecule has 7 heteroatoms. The Morgan fingerprint density at radius 3 is 3.00 bits per heavy atom. The van der Waals surface area contributed by atoms with E-state index in [-0.39, 0.29) is 6.61 Å². The number of thiophene rings is 1. The van der Waals surface area contributed by atoms with Crippen LogP contribution in [-0.4, -0.2) is 9.97 Å². The molecule has 0 unspecified atom stereocenters. The fraction of sp³-hybridized carbons (Fsp3) is 0.118. The third kappa shape index (κ3) is 2.64. The van der Waals surface area contributed by atoms with Gasteiger partial charge in [0.15, 0.2) is 0 Å². The van der Waals surface area contributed by atoms with E-state index in [2.05, 4.69) is 9.97 Å². The summed E-state index contributed by atoms with van der Waals surface area (Å²) in [6.07, 6.45) is 1.46. The Morgan fingerprint density at radius 2 is 2.12 bits per heavy atom. The SMILES string of the molecule is Cc1cc2oc(=O)cc(COc3ncnc4sccc34)c2cc1Cl. The van der Waals surface area contributed by atoms with Gasteiger partial charge in [0.05, 0.1) is 5.39 Å². The van der Waals surface area contributed by atoms with Crippen LogP contribution in [0.2, 0.25) is 5.02 Å². The first-order valence-electron chi connectivity index (χ1n) is 7.16. The molecular formula is C17H11ClN2O3S. The molecule has 0 bridgehead atoms. The minimum atomic E-state index is -0.425. The van der Waals surface area contributed by atoms with E-state index in [4.69, 9.17) is 20.8 Å². The van der Waals surface area contributed by atoms with Crippen LogP contribution in [0.4, 0.5) is 0 Å². The topological polar surface area (TPSA) is 65.2 Å². The Labute approximate surface area is 145 Å². The summed E-state index contributed by atoms with van der Waals surface area (Å²) in [5.74, 6) is 0.487. The van der Waals surface area contributed by atoms with Crippen molar-refractivity contribution >= 4 is 44.1 Å². The first kappa shape index (κ1) is 15.1. The van der Waals surface area contributed by atoms with E-state index in [1.165, 1.54) is 23.7 Å². The Kier molecular flexibility index (Phi) is 3.70. The van der Waals surface area contributed by atoms with Crippen LogP contribution in [-0.2, 0) is 6.61 Å². The zero-order valence-electron chi connectivity index (χ0n) is 12.6. The summed E-state index contributed by atoms with van der Waals surface area (Å²) >= 11 is 7.72. The number of ether oxygens (including phenoxy) is 1. The molecule has 0 radical (unpaired) electrons. The first-order valence-corrected chi connectivity index (χ1v) is 8.41. The monoisotopic (exact) mass is 358 g/mol. The van der Waals surface area contributed by atoms with Crippen molar-refractivity contribution in [1.29, 1.82) is 0 Å². The lowest BCUT2D eigenvalue weighted by Gasteiger charge is -2.09. The second-order valence-electron chi connectivity index (χ2n) is 5.30. The van der Waals surface area contributed by atoms with Crippen LogP contribution in [0, 0.1) is 6.92 Å². The van der Waals surface area contributed by atoms with Gasteiger partial charge in [0.1, 0.15) is 23.3 Å². The summed E-state index contributed by atoms with van der Waals surface area (Å²) in [5, 5.41) is 4.14. The number of fused-ring (bicyclic) bond motifs is 2. The fourth-order valence-corrected chi connectivity index (χ4v) is 3.38. The molecule has 1 aromatic carbocycles. The fourth-order valence-electron chi connectivity index (χ4n) is 2.50. The summed E-state index contributed by atoms with van der Waals surface area (Å²) in [7, 11) is 0. The summed E-state index contributed by atoms with van der Waals surface area (Å²) < 4.78 is 11.1. The quantitative estimate of drug-likeness (QED) is 0.510. The smallest absolute Gasteiger partial charge is 0.336 e. The molecule has 4 rings (SSSR count). The maximum Gasteiger partial charge on any atom is 0.336 e. The van der Waals surface area contributed by atoms with Crippen LogP contribution in [0.15, 0.2) is 45.2 Å².